The Morgan fingerprint density at radius 1 is 0.968 bits per heavy atom. The molecule has 1 amide bonds. The molecule has 0 spiro atoms. The van der Waals surface area contributed by atoms with Crippen LogP contribution in [0.5, 0.6) is 17.2 Å². The van der Waals surface area contributed by atoms with Crippen molar-refractivity contribution in [1.82, 2.24) is 10.2 Å². The molecule has 0 aliphatic rings. The molecular weight excluding hydrogens is 424 g/mol. The van der Waals surface area contributed by atoms with Crippen LogP contribution in [0.3, 0.4) is 0 Å². The first-order chi connectivity index (χ1) is 14.7. The molecule has 0 aliphatic heterocycles. The normalized spacial score (nSPS) is 11.0. The molecule has 0 aliphatic carbocycles. The lowest BCUT2D eigenvalue weighted by Crippen LogP contribution is -2.13. The Hall–Kier alpha value is -3.73. The number of ether oxygens (including phenoxy) is 3. The first kappa shape index (κ1) is 22.0. The van der Waals surface area contributed by atoms with Gasteiger partial charge in [-0.05, 0) is 36.4 Å². The molecule has 0 radical (unpaired) electrons. The molecule has 164 valence electrons. The van der Waals surface area contributed by atoms with Crippen LogP contribution in [-0.4, -0.2) is 52.1 Å². The van der Waals surface area contributed by atoms with E-state index in [0.29, 0.717) is 39.9 Å². The number of rotatable bonds is 8. The second-order valence-electron chi connectivity index (χ2n) is 6.49. The van der Waals surface area contributed by atoms with Crippen molar-refractivity contribution in [3.05, 3.63) is 48.2 Å². The zero-order chi connectivity index (χ0) is 22.6. The van der Waals surface area contributed by atoms with Crippen LogP contribution in [0.15, 0.2) is 42.5 Å². The van der Waals surface area contributed by atoms with Gasteiger partial charge in [0.15, 0.2) is 17.2 Å². The lowest BCUT2D eigenvalue weighted by atomic mass is 10.1. The average molecular weight is 446 g/mol. The molecule has 1 heterocycles. The Kier molecular flexibility index (Phi) is 6.35. The third-order valence-corrected chi connectivity index (χ3v) is 4.82. The summed E-state index contributed by atoms with van der Waals surface area (Å²) < 4.78 is 41.2. The van der Waals surface area contributed by atoms with Crippen molar-refractivity contribution in [3.8, 4) is 28.5 Å². The number of carbonyl (C=O) groups is 1. The highest BCUT2D eigenvalue weighted by Crippen LogP contribution is 2.40. The van der Waals surface area contributed by atoms with E-state index in [4.69, 9.17) is 14.2 Å². The summed E-state index contributed by atoms with van der Waals surface area (Å²) in [7, 11) is 1.11. The molecule has 2 aromatic carbocycles. The van der Waals surface area contributed by atoms with Crippen LogP contribution in [0.4, 0.5) is 11.4 Å². The van der Waals surface area contributed by atoms with Gasteiger partial charge in [0.25, 0.3) is 5.91 Å². The highest BCUT2D eigenvalue weighted by molar-refractivity contribution is 7.92. The molecule has 0 saturated carbocycles. The fraction of sp³-hybridized carbons (Fsp3) is 0.200. The maximum absolute atomic E-state index is 12.6. The standard InChI is InChI=1S/C20H22N4O6S/c1-28-17-8-12(9-18(29-2)19(17)30-3)15-11-16(23-22-15)20(25)21-13-6-5-7-14(10-13)24-31(4,26)27/h5-11,24H,1-4H3,(H,21,25)(H,22,23). The Morgan fingerprint density at radius 3 is 2.19 bits per heavy atom. The van der Waals surface area contributed by atoms with E-state index >= 15 is 0 Å². The summed E-state index contributed by atoms with van der Waals surface area (Å²) in [6, 6.07) is 11.4. The van der Waals surface area contributed by atoms with Crippen LogP contribution in [0.2, 0.25) is 0 Å². The summed E-state index contributed by atoms with van der Waals surface area (Å²) in [5.41, 5.74) is 2.14. The largest absolute Gasteiger partial charge is 0.493 e. The van der Waals surface area contributed by atoms with Gasteiger partial charge in [0, 0.05) is 11.3 Å². The van der Waals surface area contributed by atoms with Gasteiger partial charge in [-0.15, -0.1) is 0 Å². The highest BCUT2D eigenvalue weighted by Gasteiger charge is 2.17. The van der Waals surface area contributed by atoms with Crippen LogP contribution in [0.1, 0.15) is 10.5 Å². The second kappa shape index (κ2) is 8.96. The van der Waals surface area contributed by atoms with Gasteiger partial charge in [0.2, 0.25) is 15.8 Å². The van der Waals surface area contributed by atoms with Crippen LogP contribution in [-0.2, 0) is 10.0 Å². The van der Waals surface area contributed by atoms with Crippen molar-refractivity contribution < 1.29 is 27.4 Å². The highest BCUT2D eigenvalue weighted by atomic mass is 32.2. The number of nitrogens with zero attached hydrogens (tertiary/aromatic N) is 1. The van der Waals surface area contributed by atoms with Crippen LogP contribution in [0, 0.1) is 0 Å². The summed E-state index contributed by atoms with van der Waals surface area (Å²) in [6.07, 6.45) is 1.05. The van der Waals surface area contributed by atoms with E-state index in [0.717, 1.165) is 6.26 Å². The van der Waals surface area contributed by atoms with Crippen molar-refractivity contribution in [2.45, 2.75) is 0 Å². The third-order valence-electron chi connectivity index (χ3n) is 4.21. The van der Waals surface area contributed by atoms with Gasteiger partial charge in [0.05, 0.1) is 39.0 Å². The molecule has 0 atom stereocenters. The first-order valence-electron chi connectivity index (χ1n) is 8.99. The monoisotopic (exact) mass is 446 g/mol. The van der Waals surface area contributed by atoms with E-state index < -0.39 is 15.9 Å². The van der Waals surface area contributed by atoms with Gasteiger partial charge in [0.1, 0.15) is 0 Å². The maximum atomic E-state index is 12.6. The van der Waals surface area contributed by atoms with E-state index in [1.807, 2.05) is 0 Å². The van der Waals surface area contributed by atoms with Gasteiger partial charge in [-0.2, -0.15) is 5.10 Å². The Balaban J connectivity index is 1.83. The van der Waals surface area contributed by atoms with Crippen LogP contribution in [0.25, 0.3) is 11.3 Å². The fourth-order valence-corrected chi connectivity index (χ4v) is 3.45. The molecule has 0 fully saturated rings. The second-order valence-corrected chi connectivity index (χ2v) is 8.24. The lowest BCUT2D eigenvalue weighted by Gasteiger charge is -2.13. The van der Waals surface area contributed by atoms with Crippen molar-refractivity contribution in [2.75, 3.05) is 37.6 Å². The summed E-state index contributed by atoms with van der Waals surface area (Å²) in [5, 5.41) is 9.57. The molecule has 3 N–H and O–H groups in total. The SMILES string of the molecule is COc1cc(-c2cc(C(=O)Nc3cccc(NS(C)(=O)=O)c3)n[nH]2)cc(OC)c1OC. The molecular formula is C20H22N4O6S. The molecule has 3 aromatic rings. The van der Waals surface area contributed by atoms with E-state index in [9.17, 15) is 13.2 Å². The summed E-state index contributed by atoms with van der Waals surface area (Å²) in [5.74, 6) is 0.917. The zero-order valence-corrected chi connectivity index (χ0v) is 18.2. The number of sulfonamides is 1. The quantitative estimate of drug-likeness (QED) is 0.485. The number of aromatic nitrogens is 2. The molecule has 31 heavy (non-hydrogen) atoms. The minimum atomic E-state index is -3.43. The molecule has 0 saturated heterocycles. The number of H-pyrrole nitrogens is 1. The smallest absolute Gasteiger partial charge is 0.276 e. The number of carbonyl (C=O) groups excluding carboxylic acids is 1. The van der Waals surface area contributed by atoms with Gasteiger partial charge < -0.3 is 19.5 Å². The number of benzene rings is 2. The van der Waals surface area contributed by atoms with E-state index in [2.05, 4.69) is 20.2 Å². The van der Waals surface area contributed by atoms with Crippen molar-refractivity contribution in [2.24, 2.45) is 0 Å². The summed E-state index contributed by atoms with van der Waals surface area (Å²) >= 11 is 0. The summed E-state index contributed by atoms with van der Waals surface area (Å²) in [4.78, 5) is 12.6. The van der Waals surface area contributed by atoms with E-state index in [-0.39, 0.29) is 5.69 Å². The Bertz CT molecular complexity index is 1180. The van der Waals surface area contributed by atoms with Crippen molar-refractivity contribution >= 4 is 27.3 Å². The molecule has 3 rings (SSSR count). The van der Waals surface area contributed by atoms with Gasteiger partial charge >= 0.3 is 0 Å². The molecule has 0 unspecified atom stereocenters. The molecule has 1 aromatic heterocycles. The van der Waals surface area contributed by atoms with E-state index in [1.54, 1.807) is 36.4 Å². The maximum Gasteiger partial charge on any atom is 0.276 e. The number of hydrogen-bond donors (Lipinski definition) is 3. The summed E-state index contributed by atoms with van der Waals surface area (Å²) in [6.45, 7) is 0. The molecule has 11 heteroatoms. The van der Waals surface area contributed by atoms with Gasteiger partial charge in [-0.3, -0.25) is 14.6 Å². The predicted octanol–water partition coefficient (Wildman–Crippen LogP) is 2.73. The predicted molar refractivity (Wildman–Crippen MR) is 117 cm³/mol. The number of hydrogen-bond acceptors (Lipinski definition) is 7. The van der Waals surface area contributed by atoms with Gasteiger partial charge in [-0.1, -0.05) is 6.07 Å². The lowest BCUT2D eigenvalue weighted by molar-refractivity contribution is 0.102. The number of nitrogens with one attached hydrogen (secondary N) is 3. The van der Waals surface area contributed by atoms with E-state index in [1.165, 1.54) is 27.4 Å². The van der Waals surface area contributed by atoms with Crippen molar-refractivity contribution in [1.29, 1.82) is 0 Å². The third kappa shape index (κ3) is 5.25. The number of anilines is 2. The van der Waals surface area contributed by atoms with Crippen molar-refractivity contribution in [3.63, 3.8) is 0 Å². The average Bonchev–Trinajstić information content (AvgIpc) is 3.22. The van der Waals surface area contributed by atoms with Crippen LogP contribution >= 0.6 is 0 Å². The Labute approximate surface area is 179 Å². The molecule has 10 nitrogen and oxygen atoms in total. The zero-order valence-electron chi connectivity index (χ0n) is 17.3. The topological polar surface area (TPSA) is 132 Å². The number of aromatic amines is 1. The van der Waals surface area contributed by atoms with Crippen LogP contribution < -0.4 is 24.2 Å². The number of amides is 1. The molecule has 0 bridgehead atoms. The minimum Gasteiger partial charge on any atom is -0.493 e. The van der Waals surface area contributed by atoms with Gasteiger partial charge in [-0.25, -0.2) is 8.42 Å². The minimum absolute atomic E-state index is 0.144. The Morgan fingerprint density at radius 2 is 1.61 bits per heavy atom. The fourth-order valence-electron chi connectivity index (χ4n) is 2.89. The first-order valence-corrected chi connectivity index (χ1v) is 10.9. The number of methoxy groups -OCH3 is 3.